The summed E-state index contributed by atoms with van der Waals surface area (Å²) in [7, 11) is -4.18. The van der Waals surface area contributed by atoms with Crippen molar-refractivity contribution in [1.82, 2.24) is 4.98 Å². The standard InChI is InChI=1S/C23H20ClN5O4S/c1-2-15-4-3-5-20-16(13-25-23(15)20)14-26-27-21-11-10-19(29(30)31)12-22(21)34(32,33)28-18-8-6-17(24)7-9-18/h3-14,25,27-28H,2H2,1H3/b26-14+. The zero-order valence-corrected chi connectivity index (χ0v) is 19.5. The molecule has 0 aliphatic carbocycles. The summed E-state index contributed by atoms with van der Waals surface area (Å²) in [4.78, 5) is 13.5. The molecule has 174 valence electrons. The maximum Gasteiger partial charge on any atom is 0.270 e. The number of benzene rings is 3. The van der Waals surface area contributed by atoms with Crippen LogP contribution in [0.5, 0.6) is 0 Å². The number of hydrogen-bond acceptors (Lipinski definition) is 6. The van der Waals surface area contributed by atoms with E-state index in [0.29, 0.717) is 5.02 Å². The summed E-state index contributed by atoms with van der Waals surface area (Å²) >= 11 is 5.85. The van der Waals surface area contributed by atoms with Gasteiger partial charge in [0.15, 0.2) is 0 Å². The second kappa shape index (κ2) is 9.54. The maximum absolute atomic E-state index is 13.1. The van der Waals surface area contributed by atoms with Crippen molar-refractivity contribution in [2.75, 3.05) is 10.1 Å². The lowest BCUT2D eigenvalue weighted by Gasteiger charge is -2.12. The van der Waals surface area contributed by atoms with Gasteiger partial charge < -0.3 is 4.98 Å². The number of nitrogens with zero attached hydrogens (tertiary/aromatic N) is 2. The van der Waals surface area contributed by atoms with Crippen LogP contribution in [0.15, 0.2) is 76.9 Å². The van der Waals surface area contributed by atoms with Gasteiger partial charge in [-0.15, -0.1) is 0 Å². The van der Waals surface area contributed by atoms with Crippen molar-refractivity contribution in [2.24, 2.45) is 5.10 Å². The van der Waals surface area contributed by atoms with Crippen molar-refractivity contribution in [2.45, 2.75) is 18.2 Å². The van der Waals surface area contributed by atoms with Gasteiger partial charge in [0.2, 0.25) is 0 Å². The molecule has 0 fully saturated rings. The van der Waals surface area contributed by atoms with E-state index in [2.05, 4.69) is 27.2 Å². The largest absolute Gasteiger partial charge is 0.360 e. The van der Waals surface area contributed by atoms with Crippen LogP contribution in [0, 0.1) is 10.1 Å². The molecule has 0 amide bonds. The van der Waals surface area contributed by atoms with Gasteiger partial charge in [-0.3, -0.25) is 20.3 Å². The molecule has 1 aromatic heterocycles. The first kappa shape index (κ1) is 23.3. The number of hydrogen-bond donors (Lipinski definition) is 3. The lowest BCUT2D eigenvalue weighted by molar-refractivity contribution is -0.385. The molecule has 9 nitrogen and oxygen atoms in total. The molecule has 0 radical (unpaired) electrons. The number of non-ortho nitro benzene ring substituents is 1. The van der Waals surface area contributed by atoms with E-state index >= 15 is 0 Å². The topological polar surface area (TPSA) is 129 Å². The number of nitro groups is 1. The molecule has 0 unspecified atom stereocenters. The lowest BCUT2D eigenvalue weighted by Crippen LogP contribution is -2.15. The number of sulfonamides is 1. The summed E-state index contributed by atoms with van der Waals surface area (Å²) < 4.78 is 28.5. The van der Waals surface area contributed by atoms with E-state index < -0.39 is 14.9 Å². The van der Waals surface area contributed by atoms with E-state index in [9.17, 15) is 18.5 Å². The van der Waals surface area contributed by atoms with Crippen molar-refractivity contribution in [3.8, 4) is 0 Å². The number of hydrazone groups is 1. The molecule has 4 aromatic rings. The molecule has 4 rings (SSSR count). The number of nitrogens with one attached hydrogen (secondary N) is 3. The molecule has 0 bridgehead atoms. The summed E-state index contributed by atoms with van der Waals surface area (Å²) in [6, 6.07) is 15.5. The van der Waals surface area contributed by atoms with E-state index in [1.165, 1.54) is 42.0 Å². The molecule has 3 aromatic carbocycles. The number of para-hydroxylation sites is 1. The normalized spacial score (nSPS) is 11.7. The number of aromatic nitrogens is 1. The Morgan fingerprint density at radius 3 is 2.62 bits per heavy atom. The zero-order chi connectivity index (χ0) is 24.3. The highest BCUT2D eigenvalue weighted by Gasteiger charge is 2.22. The Bertz CT molecular complexity index is 1500. The van der Waals surface area contributed by atoms with Crippen LogP contribution in [-0.4, -0.2) is 24.5 Å². The number of rotatable bonds is 8. The van der Waals surface area contributed by atoms with Crippen LogP contribution in [0.1, 0.15) is 18.1 Å². The van der Waals surface area contributed by atoms with Gasteiger partial charge in [0.05, 0.1) is 16.8 Å². The fourth-order valence-electron chi connectivity index (χ4n) is 3.48. The SMILES string of the molecule is CCc1cccc2c(/C=N/Nc3ccc([N+](=O)[O-])cc3S(=O)(=O)Nc3ccc(Cl)cc3)c[nH]c12. The van der Waals surface area contributed by atoms with Crippen LogP contribution in [-0.2, 0) is 16.4 Å². The molecule has 3 N–H and O–H groups in total. The van der Waals surface area contributed by atoms with Crippen LogP contribution in [0.3, 0.4) is 0 Å². The van der Waals surface area contributed by atoms with Crippen LogP contribution in [0.25, 0.3) is 10.9 Å². The number of aryl methyl sites for hydroxylation is 1. The van der Waals surface area contributed by atoms with Gasteiger partial charge in [-0.1, -0.05) is 36.7 Å². The van der Waals surface area contributed by atoms with Gasteiger partial charge in [-0.2, -0.15) is 5.10 Å². The predicted octanol–water partition coefficient (Wildman–Crippen LogP) is 5.54. The Labute approximate surface area is 200 Å². The molecule has 34 heavy (non-hydrogen) atoms. The van der Waals surface area contributed by atoms with Gasteiger partial charge in [-0.05, 0) is 42.3 Å². The molecule has 0 aliphatic rings. The Morgan fingerprint density at radius 2 is 1.91 bits per heavy atom. The maximum atomic E-state index is 13.1. The van der Waals surface area contributed by atoms with E-state index in [1.807, 2.05) is 24.4 Å². The number of fused-ring (bicyclic) bond motifs is 1. The van der Waals surface area contributed by atoms with Crippen LogP contribution in [0.2, 0.25) is 5.02 Å². The highest BCUT2D eigenvalue weighted by atomic mass is 35.5. The number of nitro benzene ring substituents is 1. The third kappa shape index (κ3) is 4.87. The molecule has 0 saturated heterocycles. The molecular weight excluding hydrogens is 478 g/mol. The van der Waals surface area contributed by atoms with E-state index in [0.717, 1.165) is 29.0 Å². The third-order valence-corrected chi connectivity index (χ3v) is 6.84. The van der Waals surface area contributed by atoms with Crippen molar-refractivity contribution in [3.63, 3.8) is 0 Å². The van der Waals surface area contributed by atoms with Crippen LogP contribution >= 0.6 is 11.6 Å². The Balaban J connectivity index is 1.66. The lowest BCUT2D eigenvalue weighted by atomic mass is 10.1. The second-order valence-corrected chi connectivity index (χ2v) is 9.44. The second-order valence-electron chi connectivity index (χ2n) is 7.36. The summed E-state index contributed by atoms with van der Waals surface area (Å²) in [6.45, 7) is 2.07. The van der Waals surface area contributed by atoms with Crippen molar-refractivity contribution in [1.29, 1.82) is 0 Å². The number of H-pyrrole nitrogens is 1. The summed E-state index contributed by atoms with van der Waals surface area (Å²) in [5, 5.41) is 16.9. The monoisotopic (exact) mass is 497 g/mol. The first-order valence-electron chi connectivity index (χ1n) is 10.2. The van der Waals surface area contributed by atoms with E-state index in [1.54, 1.807) is 6.21 Å². The highest BCUT2D eigenvalue weighted by Crippen LogP contribution is 2.29. The van der Waals surface area contributed by atoms with Crippen molar-refractivity contribution in [3.05, 3.63) is 93.1 Å². The Morgan fingerprint density at radius 1 is 1.15 bits per heavy atom. The average molecular weight is 498 g/mol. The molecular formula is C23H20ClN5O4S. The minimum atomic E-state index is -4.18. The molecule has 0 aliphatic heterocycles. The highest BCUT2D eigenvalue weighted by molar-refractivity contribution is 7.92. The summed E-state index contributed by atoms with van der Waals surface area (Å²) in [6.07, 6.45) is 4.24. The third-order valence-electron chi connectivity index (χ3n) is 5.17. The van der Waals surface area contributed by atoms with Gasteiger partial charge in [0.1, 0.15) is 4.90 Å². The minimum Gasteiger partial charge on any atom is -0.360 e. The average Bonchev–Trinajstić information content (AvgIpc) is 3.23. The molecule has 0 spiro atoms. The van der Waals surface area contributed by atoms with Crippen LogP contribution in [0.4, 0.5) is 17.1 Å². The van der Waals surface area contributed by atoms with Crippen molar-refractivity contribution < 1.29 is 13.3 Å². The van der Waals surface area contributed by atoms with Crippen molar-refractivity contribution >= 4 is 55.8 Å². The molecule has 0 saturated carbocycles. The predicted molar refractivity (Wildman–Crippen MR) is 134 cm³/mol. The van der Waals surface area contributed by atoms with Gasteiger partial charge in [0, 0.05) is 45.5 Å². The van der Waals surface area contributed by atoms with Crippen LogP contribution < -0.4 is 10.1 Å². The fraction of sp³-hybridized carbons (Fsp3) is 0.0870. The smallest absolute Gasteiger partial charge is 0.270 e. The molecule has 1 heterocycles. The Kier molecular flexibility index (Phi) is 6.53. The molecule has 0 atom stereocenters. The Hall–Kier alpha value is -3.89. The quantitative estimate of drug-likeness (QED) is 0.167. The van der Waals surface area contributed by atoms with E-state index in [4.69, 9.17) is 11.6 Å². The fourth-order valence-corrected chi connectivity index (χ4v) is 4.84. The first-order valence-corrected chi connectivity index (χ1v) is 12.1. The molecule has 11 heteroatoms. The number of halogens is 1. The first-order chi connectivity index (χ1) is 16.3. The van der Waals surface area contributed by atoms with Gasteiger partial charge in [0.25, 0.3) is 15.7 Å². The minimum absolute atomic E-state index is 0.0809. The van der Waals surface area contributed by atoms with E-state index in [-0.39, 0.29) is 22.0 Å². The number of aromatic amines is 1. The van der Waals surface area contributed by atoms with Gasteiger partial charge >= 0.3 is 0 Å². The summed E-state index contributed by atoms with van der Waals surface area (Å²) in [5.41, 5.74) is 5.67. The zero-order valence-electron chi connectivity index (χ0n) is 17.9. The van der Waals surface area contributed by atoms with Gasteiger partial charge in [-0.25, -0.2) is 8.42 Å². The summed E-state index contributed by atoms with van der Waals surface area (Å²) in [5.74, 6) is 0. The number of anilines is 2.